The fourth-order valence-corrected chi connectivity index (χ4v) is 1.86. The van der Waals surface area contributed by atoms with Crippen LogP contribution in [0.15, 0.2) is 18.2 Å². The number of rotatable bonds is 7. The Hall–Kier alpha value is -1.30. The molecule has 0 aliphatic rings. The number of nitrogen functional groups attached to an aromatic ring is 1. The van der Waals surface area contributed by atoms with Crippen molar-refractivity contribution in [2.24, 2.45) is 0 Å². The number of halogens is 1. The fraction of sp³-hybridized carbons (Fsp3) is 0.462. The molecule has 0 atom stereocenters. The summed E-state index contributed by atoms with van der Waals surface area (Å²) in [7, 11) is 3.63. The van der Waals surface area contributed by atoms with Crippen LogP contribution in [0.1, 0.15) is 10.4 Å². The summed E-state index contributed by atoms with van der Waals surface area (Å²) in [6.45, 7) is 2.76. The van der Waals surface area contributed by atoms with Gasteiger partial charge in [0.15, 0.2) is 0 Å². The molecule has 1 amide bonds. The van der Waals surface area contributed by atoms with Crippen LogP contribution in [0.25, 0.3) is 0 Å². The van der Waals surface area contributed by atoms with E-state index in [4.69, 9.17) is 22.1 Å². The maximum Gasteiger partial charge on any atom is 0.254 e. The summed E-state index contributed by atoms with van der Waals surface area (Å²) in [6.07, 6.45) is 0. The predicted molar refractivity (Wildman–Crippen MR) is 77.6 cm³/mol. The molecule has 0 saturated carbocycles. The maximum atomic E-state index is 12.0. The number of nitrogens with one attached hydrogen (secondary N) is 1. The zero-order chi connectivity index (χ0) is 14.3. The van der Waals surface area contributed by atoms with E-state index in [0.717, 1.165) is 13.1 Å². The molecule has 1 aromatic carbocycles. The summed E-state index contributed by atoms with van der Waals surface area (Å²) < 4.78 is 4.98. The minimum atomic E-state index is -0.247. The summed E-state index contributed by atoms with van der Waals surface area (Å²) in [5.41, 5.74) is 6.47. The molecular weight excluding hydrogens is 266 g/mol. The van der Waals surface area contributed by atoms with Gasteiger partial charge in [-0.05, 0) is 19.2 Å². The second kappa shape index (κ2) is 7.99. The molecule has 0 radical (unpaired) electrons. The van der Waals surface area contributed by atoms with E-state index in [2.05, 4.69) is 10.2 Å². The lowest BCUT2D eigenvalue weighted by Crippen LogP contribution is -2.34. The van der Waals surface area contributed by atoms with Gasteiger partial charge in [0, 0.05) is 32.4 Å². The van der Waals surface area contributed by atoms with Gasteiger partial charge >= 0.3 is 0 Å². The molecule has 3 N–H and O–H groups in total. The van der Waals surface area contributed by atoms with Crippen LogP contribution in [0, 0.1) is 0 Å². The average Bonchev–Trinajstić information content (AvgIpc) is 2.36. The van der Waals surface area contributed by atoms with E-state index in [0.29, 0.717) is 29.4 Å². The second-order valence-electron chi connectivity index (χ2n) is 4.26. The van der Waals surface area contributed by atoms with Crippen molar-refractivity contribution in [2.75, 3.05) is 46.1 Å². The zero-order valence-corrected chi connectivity index (χ0v) is 12.0. The van der Waals surface area contributed by atoms with E-state index in [1.165, 1.54) is 0 Å². The van der Waals surface area contributed by atoms with E-state index in [1.54, 1.807) is 25.3 Å². The summed E-state index contributed by atoms with van der Waals surface area (Å²) in [6, 6.07) is 5.02. The number of methoxy groups -OCH3 is 1. The molecule has 1 aromatic rings. The minimum absolute atomic E-state index is 0.247. The first-order valence-corrected chi connectivity index (χ1v) is 6.43. The van der Waals surface area contributed by atoms with E-state index in [-0.39, 0.29) is 5.91 Å². The molecule has 0 aromatic heterocycles. The highest BCUT2D eigenvalue weighted by Gasteiger charge is 2.13. The zero-order valence-electron chi connectivity index (χ0n) is 11.3. The third-order valence-electron chi connectivity index (χ3n) is 2.73. The Bertz CT molecular complexity index is 406. The number of carbonyl (C=O) groups is 1. The Labute approximate surface area is 118 Å². The molecule has 0 unspecified atom stereocenters. The summed E-state index contributed by atoms with van der Waals surface area (Å²) in [5.74, 6) is -0.247. The van der Waals surface area contributed by atoms with Crippen LogP contribution in [0.4, 0.5) is 5.69 Å². The van der Waals surface area contributed by atoms with Crippen molar-refractivity contribution < 1.29 is 9.53 Å². The molecule has 106 valence electrons. The lowest BCUT2D eigenvalue weighted by atomic mass is 10.1. The van der Waals surface area contributed by atoms with Crippen LogP contribution in [-0.2, 0) is 4.74 Å². The van der Waals surface area contributed by atoms with Crippen molar-refractivity contribution in [1.29, 1.82) is 0 Å². The first kappa shape index (κ1) is 15.8. The van der Waals surface area contributed by atoms with Crippen LogP contribution >= 0.6 is 11.6 Å². The Balaban J connectivity index is 2.44. The van der Waals surface area contributed by atoms with Gasteiger partial charge < -0.3 is 20.7 Å². The molecule has 5 nitrogen and oxygen atoms in total. The first-order valence-electron chi connectivity index (χ1n) is 6.06. The number of hydrogen-bond donors (Lipinski definition) is 2. The summed E-state index contributed by atoms with van der Waals surface area (Å²) in [4.78, 5) is 14.0. The van der Waals surface area contributed by atoms with E-state index in [1.807, 2.05) is 7.05 Å². The topological polar surface area (TPSA) is 67.6 Å². The predicted octanol–water partition coefficient (Wildman–Crippen LogP) is 1.23. The number of anilines is 1. The van der Waals surface area contributed by atoms with Gasteiger partial charge in [-0.2, -0.15) is 0 Å². The average molecular weight is 286 g/mol. The van der Waals surface area contributed by atoms with Crippen LogP contribution in [0.2, 0.25) is 5.02 Å². The number of benzene rings is 1. The number of ether oxygens (including phenoxy) is 1. The van der Waals surface area contributed by atoms with Crippen molar-refractivity contribution in [1.82, 2.24) is 10.2 Å². The maximum absolute atomic E-state index is 12.0. The fourth-order valence-electron chi connectivity index (χ4n) is 1.59. The van der Waals surface area contributed by atoms with Crippen molar-refractivity contribution in [3.63, 3.8) is 0 Å². The SMILES string of the molecule is COCCN(C)CCNC(=O)c1c(N)cccc1Cl. The molecule has 0 aliphatic carbocycles. The summed E-state index contributed by atoms with van der Waals surface area (Å²) in [5, 5.41) is 3.17. The molecule has 0 fully saturated rings. The van der Waals surface area contributed by atoms with Crippen molar-refractivity contribution in [3.8, 4) is 0 Å². The smallest absolute Gasteiger partial charge is 0.254 e. The van der Waals surface area contributed by atoms with Crippen molar-refractivity contribution in [2.45, 2.75) is 0 Å². The quantitative estimate of drug-likeness (QED) is 0.740. The number of carbonyl (C=O) groups excluding carboxylic acids is 1. The van der Waals surface area contributed by atoms with Crippen LogP contribution < -0.4 is 11.1 Å². The third-order valence-corrected chi connectivity index (χ3v) is 3.04. The lowest BCUT2D eigenvalue weighted by Gasteiger charge is -2.16. The van der Waals surface area contributed by atoms with Crippen LogP contribution in [0.3, 0.4) is 0 Å². The first-order chi connectivity index (χ1) is 9.06. The van der Waals surface area contributed by atoms with Gasteiger partial charge in [-0.15, -0.1) is 0 Å². The normalized spacial score (nSPS) is 10.7. The highest BCUT2D eigenvalue weighted by Crippen LogP contribution is 2.21. The molecule has 1 rings (SSSR count). The number of nitrogens with two attached hydrogens (primary N) is 1. The van der Waals surface area contributed by atoms with Gasteiger partial charge in [0.05, 0.1) is 17.2 Å². The molecule has 0 saturated heterocycles. The van der Waals surface area contributed by atoms with E-state index < -0.39 is 0 Å². The van der Waals surface area contributed by atoms with E-state index >= 15 is 0 Å². The van der Waals surface area contributed by atoms with Gasteiger partial charge in [0.1, 0.15) is 0 Å². The van der Waals surface area contributed by atoms with Gasteiger partial charge in [-0.3, -0.25) is 4.79 Å². The number of nitrogens with zero attached hydrogens (tertiary/aromatic N) is 1. The molecule has 0 bridgehead atoms. The Morgan fingerprint density at radius 3 is 2.84 bits per heavy atom. The van der Waals surface area contributed by atoms with Crippen molar-refractivity contribution in [3.05, 3.63) is 28.8 Å². The number of hydrogen-bond acceptors (Lipinski definition) is 4. The number of likely N-dealkylation sites (N-methyl/N-ethyl adjacent to an activating group) is 1. The van der Waals surface area contributed by atoms with Crippen molar-refractivity contribution >= 4 is 23.2 Å². The largest absolute Gasteiger partial charge is 0.398 e. The van der Waals surface area contributed by atoms with Gasteiger partial charge in [0.25, 0.3) is 5.91 Å². The third kappa shape index (κ3) is 5.06. The van der Waals surface area contributed by atoms with Gasteiger partial charge in [-0.25, -0.2) is 0 Å². The Kier molecular flexibility index (Phi) is 6.62. The minimum Gasteiger partial charge on any atom is -0.398 e. The van der Waals surface area contributed by atoms with Gasteiger partial charge in [0.2, 0.25) is 0 Å². The van der Waals surface area contributed by atoms with Crippen LogP contribution in [0.5, 0.6) is 0 Å². The Morgan fingerprint density at radius 2 is 2.21 bits per heavy atom. The Morgan fingerprint density at radius 1 is 1.47 bits per heavy atom. The summed E-state index contributed by atoms with van der Waals surface area (Å²) >= 11 is 5.97. The second-order valence-corrected chi connectivity index (χ2v) is 4.66. The van der Waals surface area contributed by atoms with E-state index in [9.17, 15) is 4.79 Å². The molecule has 0 aliphatic heterocycles. The number of amides is 1. The van der Waals surface area contributed by atoms with Crippen LogP contribution in [-0.4, -0.2) is 51.2 Å². The highest BCUT2D eigenvalue weighted by atomic mass is 35.5. The standard InChI is InChI=1S/C13H20ClN3O2/c1-17(8-9-19-2)7-6-16-13(18)12-10(14)4-3-5-11(12)15/h3-5H,6-9,15H2,1-2H3,(H,16,18). The molecule has 19 heavy (non-hydrogen) atoms. The molecular formula is C13H20ClN3O2. The monoisotopic (exact) mass is 285 g/mol. The lowest BCUT2D eigenvalue weighted by molar-refractivity contribution is 0.0948. The molecule has 0 heterocycles. The molecule has 0 spiro atoms. The molecule has 6 heteroatoms. The highest BCUT2D eigenvalue weighted by molar-refractivity contribution is 6.34. The van der Waals surface area contributed by atoms with Gasteiger partial charge in [-0.1, -0.05) is 17.7 Å².